The summed E-state index contributed by atoms with van der Waals surface area (Å²) in [5, 5.41) is 0. The minimum Gasteiger partial charge on any atom is -0.0885 e. The number of unbranched alkanes of at least 4 members (excludes halogenated alkanes) is 7. The first kappa shape index (κ1) is 14.5. The topological polar surface area (TPSA) is 0 Å². The summed E-state index contributed by atoms with van der Waals surface area (Å²) in [4.78, 5) is 0. The van der Waals surface area contributed by atoms with Crippen LogP contribution in [0, 0.1) is 6.92 Å². The average Bonchev–Trinajstić information content (AvgIpc) is 2.26. The van der Waals surface area contributed by atoms with Gasteiger partial charge < -0.3 is 0 Å². The van der Waals surface area contributed by atoms with Gasteiger partial charge in [-0.3, -0.25) is 0 Å². The number of hydrogen-bond acceptors (Lipinski definition) is 0. The van der Waals surface area contributed by atoms with Crippen molar-refractivity contribution < 1.29 is 0 Å². The summed E-state index contributed by atoms with van der Waals surface area (Å²) in [7, 11) is 0. The molecule has 0 aliphatic heterocycles. The van der Waals surface area contributed by atoms with Crippen LogP contribution in [0.25, 0.3) is 0 Å². The van der Waals surface area contributed by atoms with Crippen molar-refractivity contribution in [1.29, 1.82) is 0 Å². The molecule has 0 aliphatic rings. The van der Waals surface area contributed by atoms with Gasteiger partial charge in [-0.2, -0.15) is 0 Å². The van der Waals surface area contributed by atoms with E-state index in [9.17, 15) is 0 Å². The van der Waals surface area contributed by atoms with Gasteiger partial charge in [-0.1, -0.05) is 56.9 Å². The van der Waals surface area contributed by atoms with Crippen molar-refractivity contribution >= 4 is 0 Å². The zero-order valence-electron chi connectivity index (χ0n) is 10.4. The second kappa shape index (κ2) is 13.5. The Morgan fingerprint density at radius 3 is 2.00 bits per heavy atom. The van der Waals surface area contributed by atoms with Crippen LogP contribution < -0.4 is 0 Å². The van der Waals surface area contributed by atoms with Gasteiger partial charge >= 0.3 is 0 Å². The zero-order chi connectivity index (χ0) is 11.2. The SMILES string of the molecule is [CH2]C=CCCCC=CCCCCCCC. The molecule has 0 bridgehead atoms. The van der Waals surface area contributed by atoms with Crippen molar-refractivity contribution in [3.05, 3.63) is 31.2 Å². The van der Waals surface area contributed by atoms with E-state index in [-0.39, 0.29) is 0 Å². The lowest BCUT2D eigenvalue weighted by Gasteiger charge is -1.96. The first-order valence-corrected chi connectivity index (χ1v) is 6.51. The highest BCUT2D eigenvalue weighted by Crippen LogP contribution is 2.06. The van der Waals surface area contributed by atoms with E-state index < -0.39 is 0 Å². The molecule has 0 rings (SSSR count). The molecule has 0 amide bonds. The van der Waals surface area contributed by atoms with Crippen molar-refractivity contribution in [2.24, 2.45) is 0 Å². The summed E-state index contributed by atoms with van der Waals surface area (Å²) in [5.74, 6) is 0. The molecule has 0 spiro atoms. The minimum atomic E-state index is 1.17. The molecule has 0 heterocycles. The molecule has 0 fully saturated rings. The molecule has 0 unspecified atom stereocenters. The van der Waals surface area contributed by atoms with E-state index in [0.717, 1.165) is 0 Å². The number of hydrogen-bond donors (Lipinski definition) is 0. The summed E-state index contributed by atoms with van der Waals surface area (Å²) in [5.41, 5.74) is 0. The van der Waals surface area contributed by atoms with E-state index in [1.165, 1.54) is 57.8 Å². The molecule has 0 N–H and O–H groups in total. The molecule has 0 nitrogen and oxygen atoms in total. The third-order valence-electron chi connectivity index (χ3n) is 2.55. The molecular formula is C15H27. The molecule has 87 valence electrons. The van der Waals surface area contributed by atoms with Crippen LogP contribution in [0.3, 0.4) is 0 Å². The summed E-state index contributed by atoms with van der Waals surface area (Å²) in [6, 6.07) is 0. The lowest BCUT2D eigenvalue weighted by Crippen LogP contribution is -1.76. The third-order valence-corrected chi connectivity index (χ3v) is 2.55. The summed E-state index contributed by atoms with van der Waals surface area (Å²) >= 11 is 0. The summed E-state index contributed by atoms with van der Waals surface area (Å²) in [6.07, 6.45) is 20.6. The van der Waals surface area contributed by atoms with Crippen LogP contribution in [0.1, 0.15) is 64.7 Å². The summed E-state index contributed by atoms with van der Waals surface area (Å²) < 4.78 is 0. The number of allylic oxidation sites excluding steroid dienone is 4. The van der Waals surface area contributed by atoms with Crippen molar-refractivity contribution in [2.45, 2.75) is 64.7 Å². The van der Waals surface area contributed by atoms with Crippen LogP contribution in [0.5, 0.6) is 0 Å². The molecule has 0 atom stereocenters. The van der Waals surface area contributed by atoms with Crippen LogP contribution >= 0.6 is 0 Å². The Labute approximate surface area is 96.5 Å². The maximum absolute atomic E-state index is 3.67. The molecule has 0 aliphatic carbocycles. The molecule has 0 aromatic rings. The molecule has 0 heteroatoms. The molecular weight excluding hydrogens is 180 g/mol. The fraction of sp³-hybridized carbons (Fsp3) is 0.667. The monoisotopic (exact) mass is 207 g/mol. The van der Waals surface area contributed by atoms with E-state index in [0.29, 0.717) is 0 Å². The van der Waals surface area contributed by atoms with E-state index in [1.54, 1.807) is 0 Å². The van der Waals surface area contributed by atoms with Gasteiger partial charge in [0.05, 0.1) is 0 Å². The highest BCUT2D eigenvalue weighted by molar-refractivity contribution is 4.86. The van der Waals surface area contributed by atoms with Crippen LogP contribution in [-0.4, -0.2) is 0 Å². The lowest BCUT2D eigenvalue weighted by atomic mass is 10.1. The van der Waals surface area contributed by atoms with Gasteiger partial charge in [-0.25, -0.2) is 0 Å². The van der Waals surface area contributed by atoms with Gasteiger partial charge in [-0.15, -0.1) is 0 Å². The van der Waals surface area contributed by atoms with Gasteiger partial charge in [-0.05, 0) is 39.0 Å². The van der Waals surface area contributed by atoms with Crippen molar-refractivity contribution in [1.82, 2.24) is 0 Å². The lowest BCUT2D eigenvalue weighted by molar-refractivity contribution is 0.637. The van der Waals surface area contributed by atoms with Gasteiger partial charge in [0.2, 0.25) is 0 Å². The highest BCUT2D eigenvalue weighted by atomic mass is 13.9. The maximum Gasteiger partial charge on any atom is -0.0316 e. The molecule has 15 heavy (non-hydrogen) atoms. The Morgan fingerprint density at radius 2 is 1.33 bits per heavy atom. The van der Waals surface area contributed by atoms with Crippen molar-refractivity contribution in [3.8, 4) is 0 Å². The molecule has 1 radical (unpaired) electrons. The minimum absolute atomic E-state index is 1.17. The maximum atomic E-state index is 3.67. The van der Waals surface area contributed by atoms with Crippen LogP contribution in [0.15, 0.2) is 24.3 Å². The molecule has 0 saturated carbocycles. The van der Waals surface area contributed by atoms with E-state index in [1.807, 2.05) is 6.08 Å². The average molecular weight is 207 g/mol. The fourth-order valence-electron chi connectivity index (χ4n) is 1.57. The van der Waals surface area contributed by atoms with Crippen LogP contribution in [0.2, 0.25) is 0 Å². The Bertz CT molecular complexity index is 153. The molecule has 0 aromatic carbocycles. The van der Waals surface area contributed by atoms with Gasteiger partial charge in [0.1, 0.15) is 0 Å². The quantitative estimate of drug-likeness (QED) is 0.329. The second-order valence-corrected chi connectivity index (χ2v) is 4.08. The van der Waals surface area contributed by atoms with Crippen molar-refractivity contribution in [3.63, 3.8) is 0 Å². The van der Waals surface area contributed by atoms with E-state index >= 15 is 0 Å². The zero-order valence-corrected chi connectivity index (χ0v) is 10.4. The largest absolute Gasteiger partial charge is 0.0885 e. The summed E-state index contributed by atoms with van der Waals surface area (Å²) in [6.45, 7) is 5.93. The number of rotatable bonds is 10. The second-order valence-electron chi connectivity index (χ2n) is 4.08. The third kappa shape index (κ3) is 13.5. The smallest absolute Gasteiger partial charge is 0.0316 e. The van der Waals surface area contributed by atoms with Gasteiger partial charge in [0.25, 0.3) is 0 Å². The van der Waals surface area contributed by atoms with Crippen molar-refractivity contribution in [2.75, 3.05) is 0 Å². The standard InChI is InChI=1S/C15H27/c1-3-5-7-9-11-13-15-14-12-10-8-6-4-2/h3,5,13,15H,1,4,6-12,14H2,2H3. The Morgan fingerprint density at radius 1 is 0.733 bits per heavy atom. The van der Waals surface area contributed by atoms with Gasteiger partial charge in [0, 0.05) is 0 Å². The predicted octanol–water partition coefficient (Wildman–Crippen LogP) is 5.46. The van der Waals surface area contributed by atoms with E-state index in [4.69, 9.17) is 0 Å². The Hall–Kier alpha value is -0.520. The van der Waals surface area contributed by atoms with E-state index in [2.05, 4.69) is 32.1 Å². The van der Waals surface area contributed by atoms with Crippen LogP contribution in [0.4, 0.5) is 0 Å². The van der Waals surface area contributed by atoms with Gasteiger partial charge in [0.15, 0.2) is 0 Å². The Kier molecular flexibility index (Phi) is 13.0. The Balaban J connectivity index is 3.03. The fourth-order valence-corrected chi connectivity index (χ4v) is 1.57. The first-order valence-electron chi connectivity index (χ1n) is 6.51. The molecule has 0 saturated heterocycles. The highest BCUT2D eigenvalue weighted by Gasteiger charge is 1.86. The van der Waals surface area contributed by atoms with Crippen LogP contribution in [-0.2, 0) is 0 Å². The predicted molar refractivity (Wildman–Crippen MR) is 70.9 cm³/mol. The normalized spacial score (nSPS) is 11.9. The molecule has 0 aromatic heterocycles. The first-order chi connectivity index (χ1) is 7.41.